The summed E-state index contributed by atoms with van der Waals surface area (Å²) in [6, 6.07) is 15.4. The average molecular weight is 744 g/mol. The fourth-order valence-electron chi connectivity index (χ4n) is 7.35. The molecular formula is C38H40Cl2N8O4. The van der Waals surface area contributed by atoms with Gasteiger partial charge in [-0.15, -0.1) is 0 Å². The van der Waals surface area contributed by atoms with Crippen LogP contribution in [-0.4, -0.2) is 87.1 Å². The highest BCUT2D eigenvalue weighted by molar-refractivity contribution is 6.39. The van der Waals surface area contributed by atoms with Crippen molar-refractivity contribution in [1.29, 1.82) is 0 Å². The molecule has 0 bridgehead atoms. The van der Waals surface area contributed by atoms with Gasteiger partial charge in [0.05, 0.1) is 46.7 Å². The monoisotopic (exact) mass is 742 g/mol. The largest absolute Gasteiger partial charge is 0.481 e. The Labute approximate surface area is 311 Å². The number of urea groups is 1. The molecular weight excluding hydrogens is 703 g/mol. The van der Waals surface area contributed by atoms with Crippen LogP contribution in [0.4, 0.5) is 16.3 Å². The fraction of sp³-hybridized carbons (Fsp3) is 0.342. The molecule has 4 heterocycles. The number of aromatic nitrogens is 4. The molecule has 12 nitrogen and oxygen atoms in total. The number of anilines is 2. The molecule has 0 saturated carbocycles. The predicted molar refractivity (Wildman–Crippen MR) is 204 cm³/mol. The average Bonchev–Trinajstić information content (AvgIpc) is 3.72. The minimum absolute atomic E-state index is 0.0369. The summed E-state index contributed by atoms with van der Waals surface area (Å²) < 4.78 is 7.18. The summed E-state index contributed by atoms with van der Waals surface area (Å²) in [5.74, 6) is 0.959. The van der Waals surface area contributed by atoms with E-state index in [0.29, 0.717) is 62.5 Å². The number of aryl methyl sites for hydroxylation is 3. The van der Waals surface area contributed by atoms with Gasteiger partial charge in [0.2, 0.25) is 5.88 Å². The molecule has 1 aliphatic heterocycles. The van der Waals surface area contributed by atoms with Crippen molar-refractivity contribution in [3.63, 3.8) is 0 Å². The van der Waals surface area contributed by atoms with Gasteiger partial charge in [0.25, 0.3) is 5.56 Å². The third kappa shape index (κ3) is 6.67. The highest BCUT2D eigenvalue weighted by Crippen LogP contribution is 2.45. The van der Waals surface area contributed by atoms with Crippen molar-refractivity contribution in [2.75, 3.05) is 45.7 Å². The molecule has 1 saturated heterocycles. The Bertz CT molecular complexity index is 2250. The highest BCUT2D eigenvalue weighted by atomic mass is 35.5. The summed E-state index contributed by atoms with van der Waals surface area (Å²) in [5.41, 5.74) is 6.15. The molecule has 0 radical (unpaired) electrons. The first-order chi connectivity index (χ1) is 25.1. The first kappa shape index (κ1) is 35.6. The quantitative estimate of drug-likeness (QED) is 0.146. The van der Waals surface area contributed by atoms with Gasteiger partial charge in [-0.25, -0.2) is 19.4 Å². The minimum atomic E-state index is -0.267. The van der Waals surface area contributed by atoms with Crippen LogP contribution in [0.25, 0.3) is 33.2 Å². The summed E-state index contributed by atoms with van der Waals surface area (Å²) in [6.45, 7) is 3.52. The molecule has 1 fully saturated rings. The van der Waals surface area contributed by atoms with Crippen LogP contribution >= 0.6 is 23.2 Å². The van der Waals surface area contributed by atoms with Crippen molar-refractivity contribution in [2.24, 2.45) is 7.05 Å². The molecule has 0 spiro atoms. The topological polar surface area (TPSA) is 138 Å². The third-order valence-corrected chi connectivity index (χ3v) is 10.8. The van der Waals surface area contributed by atoms with E-state index in [1.807, 2.05) is 49.4 Å². The number of carbonyl (C=O) groups is 1. The van der Waals surface area contributed by atoms with Crippen molar-refractivity contribution >= 4 is 51.5 Å². The van der Waals surface area contributed by atoms with Crippen LogP contribution in [0.15, 0.2) is 59.5 Å². The Balaban J connectivity index is 1.16. The minimum Gasteiger partial charge on any atom is -0.481 e. The third-order valence-electron chi connectivity index (χ3n) is 9.98. The number of nitrogens with one attached hydrogen (secondary N) is 2. The van der Waals surface area contributed by atoms with Crippen LogP contribution in [0.3, 0.4) is 0 Å². The standard InChI is InChI=1S/C38H40Cl2N8O4/c1-21-17-23-19-41-47(3)37(50)32(23)35(42-21)44-28-10-6-8-26(34(28)40)25-7-5-9-27(33(25)39)29-18-22-11-12-30(31(22)36(45-29)52-4)46(2)14-13-24-20-48(15-16-49)38(51)43-24/h5-10,17-19,24,30,49H,11-16,20H2,1-4H3,(H,42,44)(H,43,51). The molecule has 5 aromatic rings. The van der Waals surface area contributed by atoms with Gasteiger partial charge in [0.15, 0.2) is 0 Å². The van der Waals surface area contributed by atoms with Crippen molar-refractivity contribution in [3.8, 4) is 28.3 Å². The summed E-state index contributed by atoms with van der Waals surface area (Å²) >= 11 is 14.3. The van der Waals surface area contributed by atoms with Gasteiger partial charge >= 0.3 is 6.03 Å². The van der Waals surface area contributed by atoms with Crippen LogP contribution in [0.1, 0.15) is 35.7 Å². The number of aliphatic hydroxyl groups is 1. The van der Waals surface area contributed by atoms with Gasteiger partial charge in [-0.2, -0.15) is 5.10 Å². The van der Waals surface area contributed by atoms with Gasteiger partial charge in [-0.05, 0) is 57.0 Å². The Morgan fingerprint density at radius 1 is 1.08 bits per heavy atom. The highest BCUT2D eigenvalue weighted by Gasteiger charge is 2.33. The lowest BCUT2D eigenvalue weighted by Crippen LogP contribution is -2.32. The lowest BCUT2D eigenvalue weighted by molar-refractivity contribution is 0.196. The van der Waals surface area contributed by atoms with Crippen LogP contribution < -0.4 is 20.9 Å². The second-order valence-corrected chi connectivity index (χ2v) is 14.1. The van der Waals surface area contributed by atoms with E-state index in [-0.39, 0.29) is 30.3 Å². The zero-order chi connectivity index (χ0) is 36.7. The van der Waals surface area contributed by atoms with E-state index < -0.39 is 0 Å². The molecule has 3 aromatic heterocycles. The molecule has 2 aromatic carbocycles. The van der Waals surface area contributed by atoms with E-state index >= 15 is 0 Å². The first-order valence-corrected chi connectivity index (χ1v) is 18.0. The second-order valence-electron chi connectivity index (χ2n) is 13.3. The lowest BCUT2D eigenvalue weighted by atomic mass is 9.99. The number of methoxy groups -OCH3 is 1. The molecule has 270 valence electrons. The number of carbonyl (C=O) groups excluding carboxylic acids is 1. The van der Waals surface area contributed by atoms with Gasteiger partial charge in [0.1, 0.15) is 5.82 Å². The number of ether oxygens (including phenoxy) is 1. The molecule has 14 heteroatoms. The number of hydrogen-bond acceptors (Lipinski definition) is 9. The van der Waals surface area contributed by atoms with Gasteiger partial charge in [-0.1, -0.05) is 53.5 Å². The van der Waals surface area contributed by atoms with Crippen LogP contribution in [0, 0.1) is 6.92 Å². The van der Waals surface area contributed by atoms with Crippen LogP contribution in [-0.2, 0) is 13.5 Å². The zero-order valence-corrected chi connectivity index (χ0v) is 30.9. The van der Waals surface area contributed by atoms with Gasteiger partial charge < -0.3 is 25.4 Å². The first-order valence-electron chi connectivity index (χ1n) is 17.2. The lowest BCUT2D eigenvalue weighted by Gasteiger charge is -2.27. The van der Waals surface area contributed by atoms with Crippen LogP contribution in [0.2, 0.25) is 10.0 Å². The molecule has 2 unspecified atom stereocenters. The molecule has 1 aliphatic carbocycles. The number of hydrogen-bond donors (Lipinski definition) is 3. The van der Waals surface area contributed by atoms with Crippen molar-refractivity contribution in [2.45, 2.75) is 38.3 Å². The number of fused-ring (bicyclic) bond motifs is 2. The number of β-amino-alcohol motifs (C(OH)–C–C–N with tert-alkyl or cyclic N) is 1. The predicted octanol–water partition coefficient (Wildman–Crippen LogP) is 6.12. The van der Waals surface area contributed by atoms with E-state index in [2.05, 4.69) is 38.7 Å². The Morgan fingerprint density at radius 2 is 1.83 bits per heavy atom. The maximum absolute atomic E-state index is 13.1. The number of nitrogens with zero attached hydrogens (tertiary/aromatic N) is 6. The summed E-state index contributed by atoms with van der Waals surface area (Å²) in [4.78, 5) is 38.8. The van der Waals surface area contributed by atoms with E-state index in [1.54, 1.807) is 25.3 Å². The molecule has 2 aliphatic rings. The Hall–Kier alpha value is -4.75. The zero-order valence-electron chi connectivity index (χ0n) is 29.4. The molecule has 7 rings (SSSR count). The maximum atomic E-state index is 13.1. The molecule has 2 atom stereocenters. The van der Waals surface area contributed by atoms with Crippen molar-refractivity contribution in [1.82, 2.24) is 34.9 Å². The van der Waals surface area contributed by atoms with E-state index in [9.17, 15) is 14.7 Å². The number of pyridine rings is 2. The smallest absolute Gasteiger partial charge is 0.317 e. The van der Waals surface area contributed by atoms with E-state index in [4.69, 9.17) is 32.9 Å². The molecule has 2 amide bonds. The number of aliphatic hydroxyl groups excluding tert-OH is 1. The SMILES string of the molecule is COc1nc(-c2cccc(-c3cccc(Nc4nc(C)cc5cnn(C)c(=O)c45)c3Cl)c2Cl)cc2c1C(N(C)CCC1CN(CCO)C(=O)N1)CC2. The van der Waals surface area contributed by atoms with Gasteiger partial charge in [-0.3, -0.25) is 9.69 Å². The van der Waals surface area contributed by atoms with Gasteiger partial charge in [0, 0.05) is 72.1 Å². The summed E-state index contributed by atoms with van der Waals surface area (Å²) in [7, 11) is 5.34. The molecule has 52 heavy (non-hydrogen) atoms. The van der Waals surface area contributed by atoms with E-state index in [0.717, 1.165) is 53.8 Å². The fourth-order valence-corrected chi connectivity index (χ4v) is 7.95. The number of rotatable bonds is 11. The summed E-state index contributed by atoms with van der Waals surface area (Å²) in [6.07, 6.45) is 4.21. The molecule has 3 N–H and O–H groups in total. The number of benzene rings is 2. The maximum Gasteiger partial charge on any atom is 0.317 e. The second kappa shape index (κ2) is 14.7. The van der Waals surface area contributed by atoms with Crippen molar-refractivity contribution < 1.29 is 14.6 Å². The van der Waals surface area contributed by atoms with Crippen LogP contribution in [0.5, 0.6) is 5.88 Å². The Morgan fingerprint density at radius 3 is 2.60 bits per heavy atom. The van der Waals surface area contributed by atoms with Crippen molar-refractivity contribution in [3.05, 3.63) is 91.9 Å². The normalized spacial score (nSPS) is 16.8. The number of halogens is 2. The summed E-state index contributed by atoms with van der Waals surface area (Å²) in [5, 5.41) is 21.7. The van der Waals surface area contributed by atoms with E-state index in [1.165, 1.54) is 4.68 Å². The Kier molecular flexibility index (Phi) is 10.1. The number of amides is 2.